The van der Waals surface area contributed by atoms with Crippen molar-refractivity contribution in [2.24, 2.45) is 0 Å². The SMILES string of the molecule is COc1cc(CNc2ncnc(-c3ccc4ncccc4c3)c2C)cnc1C1=CC(C)NC=C1. The van der Waals surface area contributed by atoms with Crippen LogP contribution in [0.25, 0.3) is 27.7 Å². The highest BCUT2D eigenvalue weighted by atomic mass is 16.5. The summed E-state index contributed by atoms with van der Waals surface area (Å²) in [5, 5.41) is 7.77. The number of hydrogen-bond donors (Lipinski definition) is 2. The minimum absolute atomic E-state index is 0.252. The van der Waals surface area contributed by atoms with E-state index in [1.165, 1.54) is 0 Å². The first-order valence-electron chi connectivity index (χ1n) is 11.2. The van der Waals surface area contributed by atoms with Crippen molar-refractivity contribution in [2.75, 3.05) is 12.4 Å². The molecule has 0 fully saturated rings. The maximum absolute atomic E-state index is 5.65. The maximum atomic E-state index is 5.65. The number of fused-ring (bicyclic) bond motifs is 1. The van der Waals surface area contributed by atoms with Gasteiger partial charge in [-0.2, -0.15) is 0 Å². The topological polar surface area (TPSA) is 84.8 Å². The molecule has 7 heteroatoms. The lowest BCUT2D eigenvalue weighted by Gasteiger charge is -2.17. The number of benzene rings is 1. The number of nitrogens with zero attached hydrogens (tertiary/aromatic N) is 4. The number of dihydropyridines is 1. The number of ether oxygens (including phenoxy) is 1. The van der Waals surface area contributed by atoms with Crippen LogP contribution in [-0.2, 0) is 6.54 Å². The van der Waals surface area contributed by atoms with Gasteiger partial charge < -0.3 is 15.4 Å². The van der Waals surface area contributed by atoms with Gasteiger partial charge in [0, 0.05) is 47.1 Å². The molecule has 0 amide bonds. The predicted octanol–water partition coefficient (Wildman–Crippen LogP) is 4.90. The highest BCUT2D eigenvalue weighted by Crippen LogP contribution is 2.29. The lowest BCUT2D eigenvalue weighted by Crippen LogP contribution is -2.20. The minimum Gasteiger partial charge on any atom is -0.494 e. The second-order valence-electron chi connectivity index (χ2n) is 8.27. The van der Waals surface area contributed by atoms with Gasteiger partial charge in [-0.3, -0.25) is 9.97 Å². The van der Waals surface area contributed by atoms with Crippen LogP contribution in [0.5, 0.6) is 5.75 Å². The van der Waals surface area contributed by atoms with E-state index in [9.17, 15) is 0 Å². The molecule has 7 nitrogen and oxygen atoms in total. The number of aromatic nitrogens is 4. The van der Waals surface area contributed by atoms with E-state index in [0.29, 0.717) is 6.54 Å². The molecule has 0 spiro atoms. The molecule has 2 N–H and O–H groups in total. The van der Waals surface area contributed by atoms with Crippen molar-refractivity contribution in [2.45, 2.75) is 26.4 Å². The van der Waals surface area contributed by atoms with Crippen molar-refractivity contribution in [1.29, 1.82) is 0 Å². The normalized spacial score (nSPS) is 15.0. The zero-order chi connectivity index (χ0) is 23.5. The Labute approximate surface area is 198 Å². The molecular weight excluding hydrogens is 424 g/mol. The van der Waals surface area contributed by atoms with Crippen molar-refractivity contribution >= 4 is 22.3 Å². The van der Waals surface area contributed by atoms with E-state index in [0.717, 1.165) is 56.1 Å². The van der Waals surface area contributed by atoms with Crippen LogP contribution in [-0.4, -0.2) is 33.1 Å². The second kappa shape index (κ2) is 9.31. The fourth-order valence-electron chi connectivity index (χ4n) is 4.10. The van der Waals surface area contributed by atoms with E-state index in [-0.39, 0.29) is 6.04 Å². The first-order valence-corrected chi connectivity index (χ1v) is 11.2. The number of allylic oxidation sites excluding steroid dienone is 2. The molecule has 0 saturated heterocycles. The van der Waals surface area contributed by atoms with Crippen LogP contribution in [0.2, 0.25) is 0 Å². The maximum Gasteiger partial charge on any atom is 0.145 e. The van der Waals surface area contributed by atoms with Gasteiger partial charge in [-0.05, 0) is 56.0 Å². The van der Waals surface area contributed by atoms with E-state index in [1.807, 2.05) is 49.7 Å². The average Bonchev–Trinajstić information content (AvgIpc) is 2.87. The van der Waals surface area contributed by atoms with Crippen molar-refractivity contribution < 1.29 is 4.74 Å². The Kier molecular flexibility index (Phi) is 5.91. The number of rotatable bonds is 6. The molecule has 0 bridgehead atoms. The molecule has 1 aliphatic rings. The zero-order valence-electron chi connectivity index (χ0n) is 19.4. The van der Waals surface area contributed by atoms with Crippen LogP contribution in [0.1, 0.15) is 23.7 Å². The third-order valence-corrected chi connectivity index (χ3v) is 5.87. The van der Waals surface area contributed by atoms with Gasteiger partial charge in [0.25, 0.3) is 0 Å². The molecule has 1 aromatic carbocycles. The summed E-state index contributed by atoms with van der Waals surface area (Å²) in [7, 11) is 1.67. The molecular formula is C27H26N6O. The van der Waals surface area contributed by atoms with Gasteiger partial charge in [0.15, 0.2) is 0 Å². The van der Waals surface area contributed by atoms with Crippen LogP contribution in [0.3, 0.4) is 0 Å². The summed E-state index contributed by atoms with van der Waals surface area (Å²) in [5.74, 6) is 1.53. The summed E-state index contributed by atoms with van der Waals surface area (Å²) in [6, 6.07) is 12.4. The lowest BCUT2D eigenvalue weighted by molar-refractivity contribution is 0.411. The van der Waals surface area contributed by atoms with E-state index < -0.39 is 0 Å². The van der Waals surface area contributed by atoms with Gasteiger partial charge in [-0.15, -0.1) is 0 Å². The smallest absolute Gasteiger partial charge is 0.145 e. The fourth-order valence-corrected chi connectivity index (χ4v) is 4.10. The summed E-state index contributed by atoms with van der Waals surface area (Å²) in [4.78, 5) is 18.1. The van der Waals surface area contributed by atoms with Crippen molar-refractivity contribution in [3.63, 3.8) is 0 Å². The third-order valence-electron chi connectivity index (χ3n) is 5.87. The Morgan fingerprint density at radius 1 is 1.06 bits per heavy atom. The highest BCUT2D eigenvalue weighted by Gasteiger charge is 2.14. The highest BCUT2D eigenvalue weighted by molar-refractivity contribution is 5.84. The molecule has 3 aromatic heterocycles. The van der Waals surface area contributed by atoms with Crippen LogP contribution in [0, 0.1) is 6.92 Å². The van der Waals surface area contributed by atoms with Gasteiger partial charge >= 0.3 is 0 Å². The number of methoxy groups -OCH3 is 1. The summed E-state index contributed by atoms with van der Waals surface area (Å²) in [6.45, 7) is 4.70. The number of pyridine rings is 2. The Balaban J connectivity index is 1.38. The molecule has 34 heavy (non-hydrogen) atoms. The van der Waals surface area contributed by atoms with E-state index >= 15 is 0 Å². The summed E-state index contributed by atoms with van der Waals surface area (Å²) in [5.41, 5.74) is 6.77. The molecule has 1 aliphatic heterocycles. The molecule has 1 atom stereocenters. The number of hydrogen-bond acceptors (Lipinski definition) is 7. The molecule has 0 saturated carbocycles. The molecule has 4 heterocycles. The van der Waals surface area contributed by atoms with Crippen LogP contribution >= 0.6 is 0 Å². The predicted molar refractivity (Wildman–Crippen MR) is 135 cm³/mol. The standard InChI is InChI=1S/C27H26N6O/c1-17-11-22(8-10-28-17)26-24(34-3)12-19(14-30-26)15-31-27-18(2)25(32-16-33-27)21-6-7-23-20(13-21)5-4-9-29-23/h4-14,16-17,28H,15H2,1-3H3,(H,31,32,33). The first-order chi connectivity index (χ1) is 16.6. The quantitative estimate of drug-likeness (QED) is 0.432. The molecule has 1 unspecified atom stereocenters. The largest absolute Gasteiger partial charge is 0.494 e. The van der Waals surface area contributed by atoms with Crippen molar-refractivity contribution in [3.05, 3.63) is 90.3 Å². The minimum atomic E-state index is 0.252. The Morgan fingerprint density at radius 3 is 2.82 bits per heavy atom. The first kappa shape index (κ1) is 21.6. The van der Waals surface area contributed by atoms with Crippen molar-refractivity contribution in [3.8, 4) is 17.0 Å². The Hall–Kier alpha value is -4.26. The zero-order valence-corrected chi connectivity index (χ0v) is 19.4. The van der Waals surface area contributed by atoms with Crippen LogP contribution in [0.4, 0.5) is 5.82 Å². The van der Waals surface area contributed by atoms with Crippen LogP contribution < -0.4 is 15.4 Å². The molecule has 0 aliphatic carbocycles. The van der Waals surface area contributed by atoms with Gasteiger partial charge in [0.05, 0.1) is 18.3 Å². The molecule has 5 rings (SSSR count). The van der Waals surface area contributed by atoms with E-state index in [2.05, 4.69) is 55.7 Å². The molecule has 0 radical (unpaired) electrons. The van der Waals surface area contributed by atoms with Gasteiger partial charge in [0.2, 0.25) is 0 Å². The number of nitrogens with one attached hydrogen (secondary N) is 2. The number of anilines is 1. The van der Waals surface area contributed by atoms with Crippen LogP contribution in [0.15, 0.2) is 73.5 Å². The van der Waals surface area contributed by atoms with Crippen molar-refractivity contribution in [1.82, 2.24) is 25.3 Å². The lowest BCUT2D eigenvalue weighted by atomic mass is 10.0. The summed E-state index contributed by atoms with van der Waals surface area (Å²) in [6.07, 6.45) is 11.4. The van der Waals surface area contributed by atoms with Gasteiger partial charge in [-0.1, -0.05) is 18.2 Å². The Bertz CT molecular complexity index is 1410. The summed E-state index contributed by atoms with van der Waals surface area (Å²) >= 11 is 0. The second-order valence-corrected chi connectivity index (χ2v) is 8.27. The summed E-state index contributed by atoms with van der Waals surface area (Å²) < 4.78 is 5.65. The third kappa shape index (κ3) is 4.32. The van der Waals surface area contributed by atoms with Gasteiger partial charge in [0.1, 0.15) is 23.6 Å². The van der Waals surface area contributed by atoms with E-state index in [4.69, 9.17) is 4.74 Å². The van der Waals surface area contributed by atoms with Gasteiger partial charge in [-0.25, -0.2) is 9.97 Å². The monoisotopic (exact) mass is 450 g/mol. The molecule has 170 valence electrons. The average molecular weight is 451 g/mol. The van der Waals surface area contributed by atoms with E-state index in [1.54, 1.807) is 19.6 Å². The molecule has 4 aromatic rings. The Morgan fingerprint density at radius 2 is 1.97 bits per heavy atom. The fraction of sp³-hybridized carbons (Fsp3) is 0.185.